The van der Waals surface area contributed by atoms with E-state index in [0.717, 1.165) is 22.4 Å². The second-order valence-corrected chi connectivity index (χ2v) is 7.53. The van der Waals surface area contributed by atoms with E-state index < -0.39 is 0 Å². The number of aryl methyl sites for hydroxylation is 2. The largest absolute Gasteiger partial charge is 0.339 e. The van der Waals surface area contributed by atoms with Crippen molar-refractivity contribution in [2.45, 2.75) is 26.7 Å². The van der Waals surface area contributed by atoms with Crippen LogP contribution >= 0.6 is 0 Å². The van der Waals surface area contributed by atoms with Crippen molar-refractivity contribution in [1.29, 1.82) is 0 Å². The molecule has 146 valence electrons. The fourth-order valence-electron chi connectivity index (χ4n) is 3.66. The van der Waals surface area contributed by atoms with Crippen molar-refractivity contribution < 1.29 is 9.59 Å². The number of carbonyl (C=O) groups excluding carboxylic acids is 2. The molecule has 1 aliphatic rings. The third kappa shape index (κ3) is 4.69. The molecule has 0 aromatic heterocycles. The Morgan fingerprint density at radius 1 is 1.04 bits per heavy atom. The first-order chi connectivity index (χ1) is 13.5. The number of rotatable bonds is 4. The zero-order valence-electron chi connectivity index (χ0n) is 16.9. The predicted molar refractivity (Wildman–Crippen MR) is 114 cm³/mol. The summed E-state index contributed by atoms with van der Waals surface area (Å²) in [5.41, 5.74) is 4.22. The molecular formula is C24H28N2O2. The van der Waals surface area contributed by atoms with Crippen molar-refractivity contribution in [3.8, 4) is 0 Å². The molecule has 0 radical (unpaired) electrons. The van der Waals surface area contributed by atoms with Crippen LogP contribution in [-0.4, -0.2) is 36.9 Å². The molecule has 28 heavy (non-hydrogen) atoms. The number of anilines is 1. The summed E-state index contributed by atoms with van der Waals surface area (Å²) in [7, 11) is 1.85. The monoisotopic (exact) mass is 376 g/mol. The van der Waals surface area contributed by atoms with Crippen LogP contribution in [0.25, 0.3) is 6.08 Å². The Morgan fingerprint density at radius 3 is 2.39 bits per heavy atom. The first-order valence-corrected chi connectivity index (χ1v) is 9.82. The lowest BCUT2D eigenvalue weighted by Crippen LogP contribution is -2.43. The van der Waals surface area contributed by atoms with Gasteiger partial charge in [0.25, 0.3) is 0 Å². The fraction of sp³-hybridized carbons (Fsp3) is 0.333. The van der Waals surface area contributed by atoms with Gasteiger partial charge >= 0.3 is 0 Å². The van der Waals surface area contributed by atoms with E-state index >= 15 is 0 Å². The van der Waals surface area contributed by atoms with Crippen molar-refractivity contribution in [3.05, 3.63) is 71.3 Å². The van der Waals surface area contributed by atoms with Crippen molar-refractivity contribution in [2.24, 2.45) is 5.92 Å². The highest BCUT2D eigenvalue weighted by Gasteiger charge is 2.29. The number of likely N-dealkylation sites (tertiary alicyclic amines) is 1. The molecule has 2 aromatic carbocycles. The molecule has 0 bridgehead atoms. The van der Waals surface area contributed by atoms with Gasteiger partial charge in [0, 0.05) is 37.8 Å². The molecule has 1 aliphatic heterocycles. The van der Waals surface area contributed by atoms with Crippen molar-refractivity contribution in [3.63, 3.8) is 0 Å². The average molecular weight is 377 g/mol. The Morgan fingerprint density at radius 2 is 1.71 bits per heavy atom. The van der Waals surface area contributed by atoms with Crippen LogP contribution < -0.4 is 4.90 Å². The summed E-state index contributed by atoms with van der Waals surface area (Å²) >= 11 is 0. The van der Waals surface area contributed by atoms with Crippen molar-refractivity contribution >= 4 is 23.6 Å². The molecule has 0 saturated carbocycles. The van der Waals surface area contributed by atoms with Gasteiger partial charge in [0.05, 0.1) is 0 Å². The standard InChI is InChI=1S/C24H28N2O2/c1-18-9-10-19(2)22(17-18)25(3)24(28)21-13-15-26(16-14-21)23(27)12-11-20-7-5-4-6-8-20/h4-12,17,21H,13-16H2,1-3H3. The lowest BCUT2D eigenvalue weighted by atomic mass is 9.94. The number of piperidine rings is 1. The summed E-state index contributed by atoms with van der Waals surface area (Å²) in [6.07, 6.45) is 4.88. The highest BCUT2D eigenvalue weighted by Crippen LogP contribution is 2.26. The number of hydrogen-bond donors (Lipinski definition) is 0. The number of nitrogens with zero attached hydrogens (tertiary/aromatic N) is 2. The van der Waals surface area contributed by atoms with Gasteiger partial charge in [-0.15, -0.1) is 0 Å². The molecule has 2 amide bonds. The van der Waals surface area contributed by atoms with E-state index in [2.05, 4.69) is 18.2 Å². The maximum absolute atomic E-state index is 13.0. The van der Waals surface area contributed by atoms with Crippen LogP contribution in [0.5, 0.6) is 0 Å². The van der Waals surface area contributed by atoms with Gasteiger partial charge in [-0.2, -0.15) is 0 Å². The Labute approximate surface area is 167 Å². The van der Waals surface area contributed by atoms with Crippen LogP contribution in [0.3, 0.4) is 0 Å². The van der Waals surface area contributed by atoms with E-state index in [9.17, 15) is 9.59 Å². The maximum Gasteiger partial charge on any atom is 0.246 e. The first-order valence-electron chi connectivity index (χ1n) is 9.82. The summed E-state index contributed by atoms with van der Waals surface area (Å²) in [5, 5.41) is 0. The molecule has 1 fully saturated rings. The maximum atomic E-state index is 13.0. The highest BCUT2D eigenvalue weighted by atomic mass is 16.2. The Hall–Kier alpha value is -2.88. The van der Waals surface area contributed by atoms with E-state index in [-0.39, 0.29) is 17.7 Å². The van der Waals surface area contributed by atoms with E-state index in [0.29, 0.717) is 25.9 Å². The molecule has 3 rings (SSSR count). The SMILES string of the molecule is Cc1ccc(C)c(N(C)C(=O)C2CCN(C(=O)C=Cc3ccccc3)CC2)c1. The Kier molecular flexibility index (Phi) is 6.30. The summed E-state index contributed by atoms with van der Waals surface area (Å²) in [6.45, 7) is 5.30. The minimum atomic E-state index is -0.0351. The van der Waals surface area contributed by atoms with Crippen LogP contribution in [-0.2, 0) is 9.59 Å². The van der Waals surface area contributed by atoms with E-state index in [1.807, 2.05) is 62.2 Å². The van der Waals surface area contributed by atoms with Gasteiger partial charge < -0.3 is 9.80 Å². The Balaban J connectivity index is 1.57. The van der Waals surface area contributed by atoms with E-state index in [1.165, 1.54) is 0 Å². The number of hydrogen-bond acceptors (Lipinski definition) is 2. The van der Waals surface area contributed by atoms with E-state index in [4.69, 9.17) is 0 Å². The summed E-state index contributed by atoms with van der Waals surface area (Å²) < 4.78 is 0. The molecule has 4 heteroatoms. The van der Waals surface area contributed by atoms with E-state index in [1.54, 1.807) is 11.0 Å². The molecule has 0 N–H and O–H groups in total. The van der Waals surface area contributed by atoms with Crippen LogP contribution in [0.1, 0.15) is 29.5 Å². The van der Waals surface area contributed by atoms with Gasteiger partial charge in [-0.25, -0.2) is 0 Å². The second kappa shape index (κ2) is 8.87. The topological polar surface area (TPSA) is 40.6 Å². The van der Waals surface area contributed by atoms with Crippen LogP contribution in [0.15, 0.2) is 54.6 Å². The average Bonchev–Trinajstić information content (AvgIpc) is 2.73. The van der Waals surface area contributed by atoms with Crippen LogP contribution in [0.2, 0.25) is 0 Å². The molecule has 0 aliphatic carbocycles. The Bertz CT molecular complexity index is 865. The summed E-state index contributed by atoms with van der Waals surface area (Å²) in [6, 6.07) is 16.0. The van der Waals surface area contributed by atoms with Gasteiger partial charge in [0.1, 0.15) is 0 Å². The zero-order chi connectivity index (χ0) is 20.1. The minimum absolute atomic E-state index is 0.0117. The third-order valence-corrected chi connectivity index (χ3v) is 5.43. The second-order valence-electron chi connectivity index (χ2n) is 7.53. The molecule has 4 nitrogen and oxygen atoms in total. The lowest BCUT2D eigenvalue weighted by molar-refractivity contribution is -0.130. The molecule has 0 unspecified atom stereocenters. The minimum Gasteiger partial charge on any atom is -0.339 e. The molecule has 1 heterocycles. The number of amides is 2. The quantitative estimate of drug-likeness (QED) is 0.750. The number of carbonyl (C=O) groups is 2. The lowest BCUT2D eigenvalue weighted by Gasteiger charge is -2.33. The fourth-order valence-corrected chi connectivity index (χ4v) is 3.66. The highest BCUT2D eigenvalue weighted by molar-refractivity contribution is 5.96. The summed E-state index contributed by atoms with van der Waals surface area (Å²) in [5.74, 6) is 0.116. The molecule has 2 aromatic rings. The van der Waals surface area contributed by atoms with Crippen LogP contribution in [0, 0.1) is 19.8 Å². The smallest absolute Gasteiger partial charge is 0.246 e. The molecular weight excluding hydrogens is 348 g/mol. The normalized spacial score (nSPS) is 15.0. The van der Waals surface area contributed by atoms with Gasteiger partial charge in [-0.3, -0.25) is 9.59 Å². The predicted octanol–water partition coefficient (Wildman–Crippen LogP) is 4.22. The van der Waals surface area contributed by atoms with Gasteiger partial charge in [-0.05, 0) is 55.5 Å². The van der Waals surface area contributed by atoms with Crippen molar-refractivity contribution in [1.82, 2.24) is 4.90 Å². The number of benzene rings is 2. The first kappa shape index (κ1) is 19.9. The molecule has 1 saturated heterocycles. The van der Waals surface area contributed by atoms with Gasteiger partial charge in [0.15, 0.2) is 0 Å². The molecule has 0 atom stereocenters. The van der Waals surface area contributed by atoms with Gasteiger partial charge in [-0.1, -0.05) is 42.5 Å². The van der Waals surface area contributed by atoms with Crippen molar-refractivity contribution in [2.75, 3.05) is 25.0 Å². The van der Waals surface area contributed by atoms with Gasteiger partial charge in [0.2, 0.25) is 11.8 Å². The third-order valence-electron chi connectivity index (χ3n) is 5.43. The molecule has 0 spiro atoms. The van der Waals surface area contributed by atoms with Crippen LogP contribution in [0.4, 0.5) is 5.69 Å². The summed E-state index contributed by atoms with van der Waals surface area (Å²) in [4.78, 5) is 29.0. The zero-order valence-corrected chi connectivity index (χ0v) is 16.9.